The zero-order valence-electron chi connectivity index (χ0n) is 5.13. The molecule has 0 fully saturated rings. The molecular formula is C6H6BrNOS. The van der Waals surface area contributed by atoms with Gasteiger partial charge in [0.25, 0.3) is 0 Å². The molecular weight excluding hydrogens is 214 g/mol. The van der Waals surface area contributed by atoms with Crippen molar-refractivity contribution < 1.29 is 4.79 Å². The van der Waals surface area contributed by atoms with Crippen molar-refractivity contribution in [2.24, 2.45) is 5.73 Å². The molecule has 0 saturated carbocycles. The maximum Gasteiger partial charge on any atom is 0.221 e. The Kier molecular flexibility index (Phi) is 2.45. The van der Waals surface area contributed by atoms with E-state index in [0.29, 0.717) is 6.42 Å². The zero-order chi connectivity index (χ0) is 7.56. The predicted octanol–water partition coefficient (Wildman–Crippen LogP) is 1.54. The van der Waals surface area contributed by atoms with Crippen molar-refractivity contribution in [3.63, 3.8) is 0 Å². The van der Waals surface area contributed by atoms with Gasteiger partial charge in [-0.2, -0.15) is 0 Å². The Bertz CT molecular complexity index is 246. The van der Waals surface area contributed by atoms with Gasteiger partial charge in [-0.25, -0.2) is 0 Å². The molecule has 0 unspecified atom stereocenters. The van der Waals surface area contributed by atoms with Gasteiger partial charge in [-0.05, 0) is 32.9 Å². The third-order valence-corrected chi connectivity index (χ3v) is 2.87. The number of primary amides is 1. The number of rotatable bonds is 2. The van der Waals surface area contributed by atoms with Crippen LogP contribution in [-0.2, 0) is 11.2 Å². The Morgan fingerprint density at radius 3 is 2.90 bits per heavy atom. The van der Waals surface area contributed by atoms with Crippen LogP contribution >= 0.6 is 27.3 Å². The summed E-state index contributed by atoms with van der Waals surface area (Å²) >= 11 is 4.86. The van der Waals surface area contributed by atoms with Crippen LogP contribution in [0.3, 0.4) is 0 Å². The maximum atomic E-state index is 10.4. The number of nitrogens with two attached hydrogens (primary N) is 1. The van der Waals surface area contributed by atoms with Crippen LogP contribution in [0.2, 0.25) is 0 Å². The number of hydrogen-bond donors (Lipinski definition) is 1. The standard InChI is InChI=1S/C6H6BrNOS/c7-6-4(1-2-10-6)3-5(8)9/h1-2H,3H2,(H2,8,9). The van der Waals surface area contributed by atoms with Crippen LogP contribution in [0.1, 0.15) is 5.56 Å². The lowest BCUT2D eigenvalue weighted by molar-refractivity contribution is -0.117. The number of thiophene rings is 1. The predicted molar refractivity (Wildman–Crippen MR) is 44.9 cm³/mol. The highest BCUT2D eigenvalue weighted by molar-refractivity contribution is 9.11. The van der Waals surface area contributed by atoms with Gasteiger partial charge < -0.3 is 5.73 Å². The van der Waals surface area contributed by atoms with Crippen molar-refractivity contribution in [1.29, 1.82) is 0 Å². The second-order valence-electron chi connectivity index (χ2n) is 1.86. The Balaban J connectivity index is 2.74. The first-order chi connectivity index (χ1) is 4.70. The quantitative estimate of drug-likeness (QED) is 0.806. The van der Waals surface area contributed by atoms with E-state index in [1.165, 1.54) is 0 Å². The molecule has 10 heavy (non-hydrogen) atoms. The third kappa shape index (κ3) is 1.82. The topological polar surface area (TPSA) is 43.1 Å². The molecule has 0 radical (unpaired) electrons. The van der Waals surface area contributed by atoms with Crippen LogP contribution in [0, 0.1) is 0 Å². The summed E-state index contributed by atoms with van der Waals surface area (Å²) in [5, 5.41) is 1.92. The van der Waals surface area contributed by atoms with Crippen LogP contribution in [0.5, 0.6) is 0 Å². The molecule has 2 nitrogen and oxygen atoms in total. The number of carbonyl (C=O) groups is 1. The fourth-order valence-corrected chi connectivity index (χ4v) is 1.87. The minimum absolute atomic E-state index is 0.292. The lowest BCUT2D eigenvalue weighted by Gasteiger charge is -1.91. The van der Waals surface area contributed by atoms with Gasteiger partial charge in [-0.1, -0.05) is 0 Å². The molecule has 0 aliphatic carbocycles. The summed E-state index contributed by atoms with van der Waals surface area (Å²) in [6.45, 7) is 0. The first-order valence-corrected chi connectivity index (χ1v) is 4.37. The van der Waals surface area contributed by atoms with Crippen molar-refractivity contribution in [2.75, 3.05) is 0 Å². The highest BCUT2D eigenvalue weighted by atomic mass is 79.9. The van der Waals surface area contributed by atoms with Crippen LogP contribution in [0.25, 0.3) is 0 Å². The van der Waals surface area contributed by atoms with Gasteiger partial charge in [0.05, 0.1) is 10.2 Å². The van der Waals surface area contributed by atoms with Gasteiger partial charge in [0.2, 0.25) is 5.91 Å². The van der Waals surface area contributed by atoms with E-state index in [9.17, 15) is 4.79 Å². The molecule has 54 valence electrons. The van der Waals surface area contributed by atoms with Crippen molar-refractivity contribution >= 4 is 33.2 Å². The summed E-state index contributed by atoms with van der Waals surface area (Å²) in [6.07, 6.45) is 0.323. The minimum atomic E-state index is -0.292. The molecule has 4 heteroatoms. The first kappa shape index (κ1) is 7.75. The van der Waals surface area contributed by atoms with Crippen molar-refractivity contribution in [1.82, 2.24) is 0 Å². The summed E-state index contributed by atoms with van der Waals surface area (Å²) in [5.74, 6) is -0.292. The fraction of sp³-hybridized carbons (Fsp3) is 0.167. The summed E-state index contributed by atoms with van der Waals surface area (Å²) in [6, 6.07) is 1.89. The van der Waals surface area contributed by atoms with E-state index in [0.717, 1.165) is 9.35 Å². The number of halogens is 1. The summed E-state index contributed by atoms with van der Waals surface area (Å²) in [5.41, 5.74) is 5.97. The number of hydrogen-bond acceptors (Lipinski definition) is 2. The van der Waals surface area contributed by atoms with Gasteiger partial charge in [0, 0.05) is 0 Å². The van der Waals surface area contributed by atoms with Crippen LogP contribution < -0.4 is 5.73 Å². The van der Waals surface area contributed by atoms with E-state index in [1.807, 2.05) is 11.4 Å². The highest BCUT2D eigenvalue weighted by Crippen LogP contribution is 2.23. The van der Waals surface area contributed by atoms with Crippen LogP contribution in [-0.4, -0.2) is 5.91 Å². The molecule has 1 heterocycles. The Labute approximate surface area is 71.2 Å². The van der Waals surface area contributed by atoms with Gasteiger partial charge in [0.15, 0.2) is 0 Å². The van der Waals surface area contributed by atoms with E-state index >= 15 is 0 Å². The second-order valence-corrected chi connectivity index (χ2v) is 4.10. The monoisotopic (exact) mass is 219 g/mol. The minimum Gasteiger partial charge on any atom is -0.369 e. The summed E-state index contributed by atoms with van der Waals surface area (Å²) in [4.78, 5) is 10.4. The van der Waals surface area contributed by atoms with E-state index < -0.39 is 0 Å². The van der Waals surface area contributed by atoms with E-state index in [-0.39, 0.29) is 5.91 Å². The van der Waals surface area contributed by atoms with Crippen LogP contribution in [0.15, 0.2) is 15.2 Å². The largest absolute Gasteiger partial charge is 0.369 e. The molecule has 0 aliphatic rings. The highest BCUT2D eigenvalue weighted by Gasteiger charge is 2.02. The Hall–Kier alpha value is -0.350. The molecule has 0 atom stereocenters. The van der Waals surface area contributed by atoms with Crippen LogP contribution in [0.4, 0.5) is 0 Å². The van der Waals surface area contributed by atoms with Crippen molar-refractivity contribution in [2.45, 2.75) is 6.42 Å². The fourth-order valence-electron chi connectivity index (χ4n) is 0.633. The zero-order valence-corrected chi connectivity index (χ0v) is 7.54. The van der Waals surface area contributed by atoms with Gasteiger partial charge >= 0.3 is 0 Å². The second kappa shape index (κ2) is 3.16. The normalized spacial score (nSPS) is 9.70. The maximum absolute atomic E-state index is 10.4. The summed E-state index contributed by atoms with van der Waals surface area (Å²) < 4.78 is 0.992. The van der Waals surface area contributed by atoms with E-state index in [4.69, 9.17) is 5.73 Å². The molecule has 1 aromatic heterocycles. The summed E-state index contributed by atoms with van der Waals surface area (Å²) in [7, 11) is 0. The SMILES string of the molecule is NC(=O)Cc1ccsc1Br. The lowest BCUT2D eigenvalue weighted by Crippen LogP contribution is -2.13. The molecule has 0 spiro atoms. The molecule has 0 aliphatic heterocycles. The Morgan fingerprint density at radius 2 is 2.50 bits per heavy atom. The van der Waals surface area contributed by atoms with Gasteiger partial charge in [-0.3, -0.25) is 4.79 Å². The van der Waals surface area contributed by atoms with E-state index in [1.54, 1.807) is 11.3 Å². The lowest BCUT2D eigenvalue weighted by atomic mass is 10.2. The van der Waals surface area contributed by atoms with Crippen molar-refractivity contribution in [3.05, 3.63) is 20.8 Å². The molecule has 2 N–H and O–H groups in total. The number of carbonyl (C=O) groups excluding carboxylic acids is 1. The molecule has 0 aromatic carbocycles. The average Bonchev–Trinajstić information content (AvgIpc) is 2.15. The van der Waals surface area contributed by atoms with E-state index in [2.05, 4.69) is 15.9 Å². The molecule has 1 aromatic rings. The first-order valence-electron chi connectivity index (χ1n) is 2.70. The van der Waals surface area contributed by atoms with Gasteiger partial charge in [-0.15, -0.1) is 11.3 Å². The smallest absolute Gasteiger partial charge is 0.221 e. The molecule has 1 amide bonds. The Morgan fingerprint density at radius 1 is 1.80 bits per heavy atom. The van der Waals surface area contributed by atoms with Crippen molar-refractivity contribution in [3.8, 4) is 0 Å². The average molecular weight is 220 g/mol. The molecule has 1 rings (SSSR count). The third-order valence-electron chi connectivity index (χ3n) is 1.06. The molecule has 0 bridgehead atoms. The molecule has 0 saturated heterocycles. The van der Waals surface area contributed by atoms with Gasteiger partial charge in [0.1, 0.15) is 0 Å². The number of amides is 1.